The molecule has 5 rings (SSSR count). The molecule has 1 aliphatic rings. The summed E-state index contributed by atoms with van der Waals surface area (Å²) in [6, 6.07) is 18.9. The van der Waals surface area contributed by atoms with Crippen LogP contribution in [0.4, 0.5) is 11.8 Å². The predicted molar refractivity (Wildman–Crippen MR) is 166 cm³/mol. The van der Waals surface area contributed by atoms with E-state index in [1.165, 1.54) is 0 Å². The molecule has 10 heteroatoms. The number of benzene rings is 3. The van der Waals surface area contributed by atoms with Gasteiger partial charge in [-0.2, -0.15) is 4.98 Å². The molecule has 0 aliphatic heterocycles. The van der Waals surface area contributed by atoms with E-state index in [-0.39, 0.29) is 0 Å². The molecule has 0 amide bonds. The van der Waals surface area contributed by atoms with Crippen LogP contribution in [0.3, 0.4) is 0 Å². The number of likely N-dealkylation sites (N-methyl/N-ethyl adjacent to an activating group) is 1. The molecule has 9 nitrogen and oxygen atoms in total. The van der Waals surface area contributed by atoms with Crippen LogP contribution in [0.15, 0.2) is 65.6 Å². The van der Waals surface area contributed by atoms with Gasteiger partial charge in [-0.3, -0.25) is 0 Å². The highest BCUT2D eigenvalue weighted by atomic mass is 32.2. The molecule has 218 valence electrons. The molecule has 1 aromatic heterocycles. The fourth-order valence-corrected chi connectivity index (χ4v) is 6.86. The molecule has 1 saturated carbocycles. The lowest BCUT2D eigenvalue weighted by Crippen LogP contribution is -2.32. The summed E-state index contributed by atoms with van der Waals surface area (Å²) in [7, 11) is 2.17. The van der Waals surface area contributed by atoms with Crippen LogP contribution >= 0.6 is 0 Å². The van der Waals surface area contributed by atoms with Gasteiger partial charge in [-0.25, -0.2) is 18.1 Å². The highest BCUT2D eigenvalue weighted by Gasteiger charge is 2.24. The topological polar surface area (TPSA) is 108 Å². The first kappa shape index (κ1) is 29.0. The molecule has 1 heterocycles. The van der Waals surface area contributed by atoms with E-state index in [9.17, 15) is 8.42 Å². The van der Waals surface area contributed by atoms with Crippen molar-refractivity contribution >= 4 is 43.5 Å². The molecule has 3 aromatic carbocycles. The SMILES string of the molecule is COc1cccc2c(NCCN(C)C)nc(NCC3CCC(CNS(=O)(=O)c4cccc5ccccc45)CC3)nc12. The molecular formula is C31H40N6O3S. The van der Waals surface area contributed by atoms with Gasteiger partial charge in [0.15, 0.2) is 0 Å². The van der Waals surface area contributed by atoms with Crippen molar-refractivity contribution in [1.82, 2.24) is 19.6 Å². The second kappa shape index (κ2) is 13.0. The van der Waals surface area contributed by atoms with Gasteiger partial charge in [0.1, 0.15) is 17.1 Å². The number of aromatic nitrogens is 2. The van der Waals surface area contributed by atoms with Crippen LogP contribution in [0.2, 0.25) is 0 Å². The molecule has 0 saturated heterocycles. The van der Waals surface area contributed by atoms with Gasteiger partial charge < -0.3 is 20.3 Å². The number of ether oxygens (including phenoxy) is 1. The number of para-hydroxylation sites is 1. The molecule has 1 aliphatic carbocycles. The summed E-state index contributed by atoms with van der Waals surface area (Å²) in [4.78, 5) is 12.0. The molecule has 1 fully saturated rings. The molecule has 0 spiro atoms. The number of anilines is 2. The minimum absolute atomic E-state index is 0.324. The van der Waals surface area contributed by atoms with Crippen LogP contribution in [-0.4, -0.2) is 70.7 Å². The summed E-state index contributed by atoms with van der Waals surface area (Å²) < 4.78 is 34.7. The molecular weight excluding hydrogens is 536 g/mol. The van der Waals surface area contributed by atoms with E-state index >= 15 is 0 Å². The number of fused-ring (bicyclic) bond motifs is 2. The minimum atomic E-state index is -3.58. The highest BCUT2D eigenvalue weighted by Crippen LogP contribution is 2.31. The summed E-state index contributed by atoms with van der Waals surface area (Å²) in [6.07, 6.45) is 4.01. The molecule has 0 atom stereocenters. The van der Waals surface area contributed by atoms with E-state index in [4.69, 9.17) is 14.7 Å². The maximum atomic E-state index is 13.1. The molecule has 0 radical (unpaired) electrons. The Morgan fingerprint density at radius 3 is 2.29 bits per heavy atom. The first-order valence-corrected chi connectivity index (χ1v) is 15.8. The predicted octanol–water partition coefficient (Wildman–Crippen LogP) is 4.96. The lowest BCUT2D eigenvalue weighted by molar-refractivity contribution is 0.284. The van der Waals surface area contributed by atoms with Crippen molar-refractivity contribution in [2.75, 3.05) is 58.0 Å². The molecule has 3 N–H and O–H groups in total. The number of methoxy groups -OCH3 is 1. The normalized spacial score (nSPS) is 17.7. The van der Waals surface area contributed by atoms with Crippen LogP contribution in [0, 0.1) is 11.8 Å². The van der Waals surface area contributed by atoms with Crippen LogP contribution in [0.25, 0.3) is 21.7 Å². The van der Waals surface area contributed by atoms with Crippen molar-refractivity contribution in [2.24, 2.45) is 11.8 Å². The van der Waals surface area contributed by atoms with Crippen molar-refractivity contribution < 1.29 is 13.2 Å². The highest BCUT2D eigenvalue weighted by molar-refractivity contribution is 7.89. The van der Waals surface area contributed by atoms with Gasteiger partial charge in [-0.1, -0.05) is 42.5 Å². The Morgan fingerprint density at radius 1 is 0.854 bits per heavy atom. The zero-order valence-corrected chi connectivity index (χ0v) is 24.9. The maximum Gasteiger partial charge on any atom is 0.241 e. The number of nitrogens with one attached hydrogen (secondary N) is 3. The Labute approximate surface area is 242 Å². The van der Waals surface area contributed by atoms with E-state index in [0.717, 1.165) is 78.6 Å². The third-order valence-corrected chi connectivity index (χ3v) is 9.36. The first-order valence-electron chi connectivity index (χ1n) is 14.3. The quantitative estimate of drug-likeness (QED) is 0.217. The van der Waals surface area contributed by atoms with Crippen molar-refractivity contribution in [2.45, 2.75) is 30.6 Å². The Bertz CT molecular complexity index is 1580. The van der Waals surface area contributed by atoms with Crippen LogP contribution in [0.1, 0.15) is 25.7 Å². The average Bonchev–Trinajstić information content (AvgIpc) is 2.98. The average molecular weight is 577 g/mol. The molecule has 0 bridgehead atoms. The van der Waals surface area contributed by atoms with E-state index in [2.05, 4.69) is 20.3 Å². The second-order valence-electron chi connectivity index (χ2n) is 11.1. The van der Waals surface area contributed by atoms with Crippen molar-refractivity contribution in [3.63, 3.8) is 0 Å². The van der Waals surface area contributed by atoms with Crippen molar-refractivity contribution in [3.8, 4) is 5.75 Å². The monoisotopic (exact) mass is 576 g/mol. The standard InChI is InChI=1S/C31H40N6O3S/c1-37(2)19-18-32-30-26-11-7-12-27(40-3)29(26)35-31(36-30)33-20-22-14-16-23(17-15-22)21-34-41(38,39)28-13-6-9-24-8-4-5-10-25(24)28/h4-13,22-23,34H,14-21H2,1-3H3,(H2,32,33,35,36). The second-order valence-corrected chi connectivity index (χ2v) is 12.8. The first-order chi connectivity index (χ1) is 19.8. The smallest absolute Gasteiger partial charge is 0.241 e. The number of rotatable bonds is 12. The molecule has 4 aromatic rings. The Morgan fingerprint density at radius 2 is 1.54 bits per heavy atom. The summed E-state index contributed by atoms with van der Waals surface area (Å²) in [5.74, 6) is 2.89. The van der Waals surface area contributed by atoms with Crippen molar-refractivity contribution in [3.05, 3.63) is 60.7 Å². The number of nitrogens with zero attached hydrogens (tertiary/aromatic N) is 3. The van der Waals surface area contributed by atoms with E-state index in [1.54, 1.807) is 19.2 Å². The lowest BCUT2D eigenvalue weighted by Gasteiger charge is -2.28. The number of hydrogen-bond acceptors (Lipinski definition) is 8. The zero-order chi connectivity index (χ0) is 28.8. The van der Waals surface area contributed by atoms with Crippen LogP contribution in [-0.2, 0) is 10.0 Å². The summed E-state index contributed by atoms with van der Waals surface area (Å²) in [5, 5.41) is 9.53. The van der Waals surface area contributed by atoms with Gasteiger partial charge in [0.05, 0.1) is 12.0 Å². The van der Waals surface area contributed by atoms with Crippen molar-refractivity contribution in [1.29, 1.82) is 0 Å². The third-order valence-electron chi connectivity index (χ3n) is 7.88. The number of sulfonamides is 1. The fourth-order valence-electron chi connectivity index (χ4n) is 5.51. The van der Waals surface area contributed by atoms with Gasteiger partial charge >= 0.3 is 0 Å². The summed E-state index contributed by atoms with van der Waals surface area (Å²) >= 11 is 0. The minimum Gasteiger partial charge on any atom is -0.494 e. The number of hydrogen-bond donors (Lipinski definition) is 3. The Kier molecular flexibility index (Phi) is 9.22. The van der Waals surface area contributed by atoms with Gasteiger partial charge in [-0.05, 0) is 75.2 Å². The van der Waals surface area contributed by atoms with E-state index in [1.807, 2.05) is 62.6 Å². The van der Waals surface area contributed by atoms with Crippen LogP contribution < -0.4 is 20.1 Å². The van der Waals surface area contributed by atoms with Gasteiger partial charge in [0.25, 0.3) is 0 Å². The maximum absolute atomic E-state index is 13.1. The zero-order valence-electron chi connectivity index (χ0n) is 24.1. The summed E-state index contributed by atoms with van der Waals surface area (Å²) in [5.41, 5.74) is 0.780. The van der Waals surface area contributed by atoms with E-state index in [0.29, 0.717) is 29.2 Å². The van der Waals surface area contributed by atoms with Gasteiger partial charge in [0, 0.05) is 37.0 Å². The largest absolute Gasteiger partial charge is 0.494 e. The molecule has 0 unspecified atom stereocenters. The van der Waals surface area contributed by atoms with Gasteiger partial charge in [-0.15, -0.1) is 0 Å². The Balaban J connectivity index is 1.17. The molecule has 41 heavy (non-hydrogen) atoms. The fraction of sp³-hybridized carbons (Fsp3) is 0.419. The van der Waals surface area contributed by atoms with Crippen LogP contribution in [0.5, 0.6) is 5.75 Å². The van der Waals surface area contributed by atoms with E-state index < -0.39 is 10.0 Å². The third kappa shape index (κ3) is 7.06. The van der Waals surface area contributed by atoms with Gasteiger partial charge in [0.2, 0.25) is 16.0 Å². The summed E-state index contributed by atoms with van der Waals surface area (Å²) in [6.45, 7) is 2.89. The lowest BCUT2D eigenvalue weighted by atomic mass is 9.82. The Hall–Kier alpha value is -3.47.